The average Bonchev–Trinajstić information content (AvgIpc) is 2.42. The molecule has 1 heterocycles. The van der Waals surface area contributed by atoms with Crippen molar-refractivity contribution < 1.29 is 14.3 Å². The highest BCUT2D eigenvalue weighted by Crippen LogP contribution is 2.21. The minimum absolute atomic E-state index is 0.0532. The van der Waals surface area contributed by atoms with Crippen molar-refractivity contribution >= 4 is 23.3 Å². The number of benzene rings is 1. The lowest BCUT2D eigenvalue weighted by molar-refractivity contribution is -0.114. The molecule has 3 amide bonds. The van der Waals surface area contributed by atoms with Crippen LogP contribution in [0.3, 0.4) is 0 Å². The van der Waals surface area contributed by atoms with Crippen LogP contribution in [0, 0.1) is 6.92 Å². The van der Waals surface area contributed by atoms with Crippen molar-refractivity contribution in [1.82, 2.24) is 4.90 Å². The van der Waals surface area contributed by atoms with E-state index in [4.69, 9.17) is 4.74 Å². The number of ether oxygens (including phenoxy) is 1. The van der Waals surface area contributed by atoms with Crippen LogP contribution in [0.2, 0.25) is 0 Å². The number of urea groups is 1. The molecule has 6 heteroatoms. The van der Waals surface area contributed by atoms with Gasteiger partial charge in [0.25, 0.3) is 0 Å². The van der Waals surface area contributed by atoms with E-state index in [1.165, 1.54) is 6.92 Å². The molecule has 0 aromatic heterocycles. The Morgan fingerprint density at radius 1 is 1.33 bits per heavy atom. The highest BCUT2D eigenvalue weighted by molar-refractivity contribution is 5.93. The van der Waals surface area contributed by atoms with Gasteiger partial charge in [-0.15, -0.1) is 0 Å². The highest BCUT2D eigenvalue weighted by Gasteiger charge is 2.21. The van der Waals surface area contributed by atoms with E-state index in [-0.39, 0.29) is 18.0 Å². The number of rotatable bonds is 2. The van der Waals surface area contributed by atoms with E-state index in [0.717, 1.165) is 5.56 Å². The number of nitrogens with zero attached hydrogens (tertiary/aromatic N) is 1. The van der Waals surface area contributed by atoms with Gasteiger partial charge in [-0.05, 0) is 31.5 Å². The first-order chi connectivity index (χ1) is 9.95. The molecule has 1 saturated heterocycles. The van der Waals surface area contributed by atoms with Crippen LogP contribution in [0.1, 0.15) is 19.4 Å². The first kappa shape index (κ1) is 15.3. The predicted molar refractivity (Wildman–Crippen MR) is 81.5 cm³/mol. The van der Waals surface area contributed by atoms with E-state index in [1.54, 1.807) is 11.0 Å². The molecule has 21 heavy (non-hydrogen) atoms. The van der Waals surface area contributed by atoms with Gasteiger partial charge in [-0.3, -0.25) is 4.79 Å². The van der Waals surface area contributed by atoms with Crippen LogP contribution in [0.4, 0.5) is 16.2 Å². The summed E-state index contributed by atoms with van der Waals surface area (Å²) in [5.41, 5.74) is 2.31. The van der Waals surface area contributed by atoms with E-state index in [1.807, 2.05) is 26.0 Å². The van der Waals surface area contributed by atoms with Crippen molar-refractivity contribution in [1.29, 1.82) is 0 Å². The predicted octanol–water partition coefficient (Wildman–Crippen LogP) is 2.21. The quantitative estimate of drug-likeness (QED) is 0.877. The fraction of sp³-hybridized carbons (Fsp3) is 0.467. The third-order valence-corrected chi connectivity index (χ3v) is 3.33. The summed E-state index contributed by atoms with van der Waals surface area (Å²) in [6, 6.07) is 5.30. The first-order valence-corrected chi connectivity index (χ1v) is 7.01. The molecule has 1 fully saturated rings. The van der Waals surface area contributed by atoms with Crippen molar-refractivity contribution in [2.24, 2.45) is 0 Å². The number of hydrogen-bond acceptors (Lipinski definition) is 3. The third-order valence-electron chi connectivity index (χ3n) is 3.33. The summed E-state index contributed by atoms with van der Waals surface area (Å²) >= 11 is 0. The smallest absolute Gasteiger partial charge is 0.322 e. The Morgan fingerprint density at radius 3 is 2.76 bits per heavy atom. The van der Waals surface area contributed by atoms with Gasteiger partial charge in [-0.25, -0.2) is 4.79 Å². The zero-order chi connectivity index (χ0) is 15.4. The van der Waals surface area contributed by atoms with Crippen LogP contribution in [0.15, 0.2) is 18.2 Å². The average molecular weight is 291 g/mol. The van der Waals surface area contributed by atoms with Gasteiger partial charge in [-0.1, -0.05) is 6.07 Å². The van der Waals surface area contributed by atoms with Gasteiger partial charge < -0.3 is 20.3 Å². The standard InChI is InChI=1S/C15H21N3O3/c1-10-4-5-13(8-14(10)16-12(3)19)17-15(20)18-6-7-21-11(2)9-18/h4-5,8,11H,6-7,9H2,1-3H3,(H,16,19)(H,17,20)/t11-/m0/s1. The first-order valence-electron chi connectivity index (χ1n) is 7.01. The van der Waals surface area contributed by atoms with Crippen LogP contribution in [0.5, 0.6) is 0 Å². The zero-order valence-electron chi connectivity index (χ0n) is 12.6. The van der Waals surface area contributed by atoms with Crippen LogP contribution in [-0.4, -0.2) is 42.6 Å². The Balaban J connectivity index is 2.05. The maximum absolute atomic E-state index is 12.2. The van der Waals surface area contributed by atoms with Crippen molar-refractivity contribution in [2.45, 2.75) is 26.9 Å². The lowest BCUT2D eigenvalue weighted by Gasteiger charge is -2.31. The van der Waals surface area contributed by atoms with Crippen molar-refractivity contribution in [3.8, 4) is 0 Å². The summed E-state index contributed by atoms with van der Waals surface area (Å²) in [6.45, 7) is 7.02. The lowest BCUT2D eigenvalue weighted by Crippen LogP contribution is -2.46. The van der Waals surface area contributed by atoms with Gasteiger partial charge in [0.2, 0.25) is 5.91 Å². The SMILES string of the molecule is CC(=O)Nc1cc(NC(=O)N2CCO[C@@H](C)C2)ccc1C. The second kappa shape index (κ2) is 6.58. The molecule has 0 bridgehead atoms. The maximum atomic E-state index is 12.2. The van der Waals surface area contributed by atoms with Crippen LogP contribution in [0.25, 0.3) is 0 Å². The maximum Gasteiger partial charge on any atom is 0.322 e. The second-order valence-electron chi connectivity index (χ2n) is 5.27. The number of nitrogens with one attached hydrogen (secondary N) is 2. The molecular weight excluding hydrogens is 270 g/mol. The Morgan fingerprint density at radius 2 is 2.10 bits per heavy atom. The fourth-order valence-corrected chi connectivity index (χ4v) is 2.23. The van der Waals surface area contributed by atoms with E-state index < -0.39 is 0 Å². The third kappa shape index (κ3) is 4.19. The van der Waals surface area contributed by atoms with Gasteiger partial charge >= 0.3 is 6.03 Å². The second-order valence-corrected chi connectivity index (χ2v) is 5.27. The van der Waals surface area contributed by atoms with Crippen molar-refractivity contribution in [2.75, 3.05) is 30.3 Å². The Labute approximate surface area is 124 Å². The largest absolute Gasteiger partial charge is 0.375 e. The topological polar surface area (TPSA) is 70.7 Å². The molecule has 1 aromatic carbocycles. The molecule has 1 aliphatic heterocycles. The molecular formula is C15H21N3O3. The molecule has 0 saturated carbocycles. The molecule has 0 unspecified atom stereocenters. The molecule has 0 spiro atoms. The monoisotopic (exact) mass is 291 g/mol. The molecule has 0 radical (unpaired) electrons. The molecule has 1 aliphatic rings. The summed E-state index contributed by atoms with van der Waals surface area (Å²) in [5.74, 6) is -0.136. The number of aryl methyl sites for hydroxylation is 1. The fourth-order valence-electron chi connectivity index (χ4n) is 2.23. The van der Waals surface area contributed by atoms with Crippen molar-refractivity contribution in [3.05, 3.63) is 23.8 Å². The molecule has 6 nitrogen and oxygen atoms in total. The minimum Gasteiger partial charge on any atom is -0.375 e. The lowest BCUT2D eigenvalue weighted by atomic mass is 10.2. The highest BCUT2D eigenvalue weighted by atomic mass is 16.5. The molecule has 0 aliphatic carbocycles. The molecule has 1 aromatic rings. The normalized spacial score (nSPS) is 18.2. The molecule has 114 valence electrons. The van der Waals surface area contributed by atoms with Gasteiger partial charge in [0.1, 0.15) is 0 Å². The summed E-state index contributed by atoms with van der Waals surface area (Å²) in [6.07, 6.45) is 0.0532. The zero-order valence-corrected chi connectivity index (χ0v) is 12.6. The number of morpholine rings is 1. The number of anilines is 2. The van der Waals surface area contributed by atoms with E-state index >= 15 is 0 Å². The van der Waals surface area contributed by atoms with Crippen LogP contribution < -0.4 is 10.6 Å². The van der Waals surface area contributed by atoms with Crippen LogP contribution in [-0.2, 0) is 9.53 Å². The number of amides is 3. The van der Waals surface area contributed by atoms with E-state index in [9.17, 15) is 9.59 Å². The van der Waals surface area contributed by atoms with Crippen LogP contribution >= 0.6 is 0 Å². The summed E-state index contributed by atoms with van der Waals surface area (Å²) in [5, 5.41) is 5.60. The van der Waals surface area contributed by atoms with Gasteiger partial charge in [0, 0.05) is 31.4 Å². The number of hydrogen-bond donors (Lipinski definition) is 2. The van der Waals surface area contributed by atoms with E-state index in [2.05, 4.69) is 10.6 Å². The van der Waals surface area contributed by atoms with E-state index in [0.29, 0.717) is 31.1 Å². The Bertz CT molecular complexity index is 545. The molecule has 2 N–H and O–H groups in total. The van der Waals surface area contributed by atoms with Gasteiger partial charge in [-0.2, -0.15) is 0 Å². The Kier molecular flexibility index (Phi) is 4.80. The summed E-state index contributed by atoms with van der Waals surface area (Å²) in [7, 11) is 0. The summed E-state index contributed by atoms with van der Waals surface area (Å²) < 4.78 is 5.42. The van der Waals surface area contributed by atoms with Gasteiger partial charge in [0.05, 0.1) is 12.7 Å². The van der Waals surface area contributed by atoms with Gasteiger partial charge in [0.15, 0.2) is 0 Å². The number of carbonyl (C=O) groups excluding carboxylic acids is 2. The Hall–Kier alpha value is -2.08. The molecule has 1 atom stereocenters. The minimum atomic E-state index is -0.150. The van der Waals surface area contributed by atoms with Crippen molar-refractivity contribution in [3.63, 3.8) is 0 Å². The summed E-state index contributed by atoms with van der Waals surface area (Å²) in [4.78, 5) is 25.1. The molecule has 2 rings (SSSR count). The number of carbonyl (C=O) groups is 2.